The van der Waals surface area contributed by atoms with Crippen LogP contribution in [0.2, 0.25) is 0 Å². The Morgan fingerprint density at radius 3 is 1.27 bits per heavy atom. The first-order chi connectivity index (χ1) is 49.1. The minimum Gasteiger partial charge on any atom is -0.462 e. The van der Waals surface area contributed by atoms with E-state index < -0.39 is 185 Å². The van der Waals surface area contributed by atoms with Crippen molar-refractivity contribution in [2.45, 2.75) is 347 Å². The molecule has 8 aliphatic rings. The van der Waals surface area contributed by atoms with Crippen LogP contribution in [-0.2, 0) is 90.4 Å². The molecule has 8 N–H and O–H groups in total. The van der Waals surface area contributed by atoms with Gasteiger partial charge in [0, 0.05) is 95.7 Å². The minimum absolute atomic E-state index is 0.00523. The van der Waals surface area contributed by atoms with Crippen molar-refractivity contribution in [3.05, 3.63) is 70.9 Å². The highest BCUT2D eigenvalue weighted by Crippen LogP contribution is 2.53. The second-order valence-corrected chi connectivity index (χ2v) is 32.9. The Hall–Kier alpha value is -5.31. The quantitative estimate of drug-likeness (QED) is 0.0496. The molecule has 27 nitrogen and oxygen atoms in total. The second kappa shape index (κ2) is 35.4. The summed E-state index contributed by atoms with van der Waals surface area (Å²) in [4.78, 5) is 88.3. The molecule has 598 valence electrons. The number of ketones is 3. The van der Waals surface area contributed by atoms with Crippen molar-refractivity contribution in [2.75, 3.05) is 14.2 Å². The number of esters is 4. The van der Waals surface area contributed by atoms with Crippen LogP contribution in [0, 0.1) is 21.7 Å². The fourth-order valence-corrected chi connectivity index (χ4v) is 16.3. The molecule has 0 radical (unpaired) electrons. The number of methoxy groups -OCH3 is 2. The summed E-state index contributed by atoms with van der Waals surface area (Å²) < 4.78 is 73.1. The maximum absolute atomic E-state index is 13.3. The lowest BCUT2D eigenvalue weighted by Crippen LogP contribution is -2.62. The molecule has 0 aromatic carbocycles. The van der Waals surface area contributed by atoms with Crippen LogP contribution in [-0.4, -0.2) is 229 Å². The molecule has 0 aromatic rings. The van der Waals surface area contributed by atoms with Crippen LogP contribution in [0.15, 0.2) is 70.9 Å². The predicted octanol–water partition coefficient (Wildman–Crippen LogP) is 7.04. The lowest BCUT2D eigenvalue weighted by Gasteiger charge is -2.54. The minimum atomic E-state index is -2.33. The van der Waals surface area contributed by atoms with Crippen LogP contribution in [0.5, 0.6) is 0 Å². The summed E-state index contributed by atoms with van der Waals surface area (Å²) in [5, 5.41) is 93.2. The number of cyclic esters (lactones) is 2. The highest BCUT2D eigenvalue weighted by atomic mass is 16.7. The number of hydrogen-bond acceptors (Lipinski definition) is 27. The first kappa shape index (κ1) is 87.9. The zero-order chi connectivity index (χ0) is 79.2. The average molecular weight is 1500 g/mol. The van der Waals surface area contributed by atoms with Gasteiger partial charge in [-0.3, -0.25) is 33.6 Å². The van der Waals surface area contributed by atoms with Gasteiger partial charge in [0.2, 0.25) is 11.6 Å². The fourth-order valence-electron chi connectivity index (χ4n) is 16.3. The van der Waals surface area contributed by atoms with Crippen LogP contribution >= 0.6 is 0 Å². The normalized spacial score (nSPS) is 40.8. The first-order valence-corrected chi connectivity index (χ1v) is 37.2. The molecular formula is C79H120O27. The number of fused-ring (bicyclic) bond motifs is 12. The maximum atomic E-state index is 13.3. The summed E-state index contributed by atoms with van der Waals surface area (Å²) in [6, 6.07) is 0. The number of carbonyl (C=O) groups excluding carboxylic acids is 7. The van der Waals surface area contributed by atoms with Crippen LogP contribution in [0.25, 0.3) is 0 Å². The number of rotatable bonds is 9. The van der Waals surface area contributed by atoms with Crippen molar-refractivity contribution in [3.8, 4) is 0 Å². The van der Waals surface area contributed by atoms with E-state index >= 15 is 0 Å². The number of aliphatic hydroxyl groups is 8. The van der Waals surface area contributed by atoms with Crippen molar-refractivity contribution in [2.24, 2.45) is 21.7 Å². The number of aliphatic hydroxyl groups excluding tert-OH is 4. The van der Waals surface area contributed by atoms with Gasteiger partial charge < -0.3 is 97.7 Å². The first-order valence-electron chi connectivity index (χ1n) is 37.2. The Morgan fingerprint density at radius 1 is 0.481 bits per heavy atom. The predicted molar refractivity (Wildman–Crippen MR) is 382 cm³/mol. The molecule has 8 heterocycles. The van der Waals surface area contributed by atoms with Crippen LogP contribution in [0.3, 0.4) is 0 Å². The van der Waals surface area contributed by atoms with E-state index in [0.717, 1.165) is 18.1 Å². The standard InChI is InChI=1S/C41H60O15.C38H60O12/c1-22(42)12-27-14-30-10-11-38(6,7)41(50)37(52-26(5)46)28(13-23(2)43)16-31(56-41)19-34(24(3)44)54-36(48)18-29(47)17-32-20-35(51-25(4)45)39(8,9)40(49,55-32)21-33(15-27)53-30;1-10-24-14-27-11-12-35(4,5)38(44)34(46-9)25(13-22(2)39)16-28(50-38)19-31(23(3)40)48-33(42)18-26(41)17-29-20-32(45-8)36(6,7)37(43,49-29)21-30(15-24)47-27/h10-13,24,29-35,37,44,47,49-50H,14-21H2,1-9H3;10-13,23,26-32,34,40-41,43-44H,14-21H2,1-9H3/b11-10+,27-12+,28-13+;12-11+,24-10?,25-13+. The fraction of sp³-hybridized carbons (Fsp3) is 0.759. The lowest BCUT2D eigenvalue weighted by molar-refractivity contribution is -0.350. The van der Waals surface area contributed by atoms with Crippen molar-refractivity contribution in [3.63, 3.8) is 0 Å². The highest BCUT2D eigenvalue weighted by Gasteiger charge is 2.62. The van der Waals surface area contributed by atoms with E-state index in [1.165, 1.54) is 66.9 Å². The number of hydrogen-bond donors (Lipinski definition) is 8. The van der Waals surface area contributed by atoms with Crippen molar-refractivity contribution < 1.29 is 131 Å². The van der Waals surface area contributed by atoms with Gasteiger partial charge in [-0.15, -0.1) is 0 Å². The number of allylic oxidation sites excluding steroid dienone is 4. The number of ether oxygens (including phenoxy) is 12. The van der Waals surface area contributed by atoms with Crippen molar-refractivity contribution in [1.82, 2.24) is 0 Å². The molecule has 8 aliphatic heterocycles. The summed E-state index contributed by atoms with van der Waals surface area (Å²) in [7, 11) is 3.02. The smallest absolute Gasteiger partial charge is 0.308 e. The molecule has 22 atom stereocenters. The van der Waals surface area contributed by atoms with Gasteiger partial charge in [-0.05, 0) is 109 Å². The van der Waals surface area contributed by atoms with Gasteiger partial charge in [-0.2, -0.15) is 0 Å². The third-order valence-electron chi connectivity index (χ3n) is 22.5. The van der Waals surface area contributed by atoms with Gasteiger partial charge in [0.05, 0.1) is 97.6 Å². The Kier molecular flexibility index (Phi) is 29.3. The largest absolute Gasteiger partial charge is 0.462 e. The van der Waals surface area contributed by atoms with Gasteiger partial charge in [0.25, 0.3) is 0 Å². The van der Waals surface area contributed by atoms with E-state index in [9.17, 15) is 74.4 Å². The van der Waals surface area contributed by atoms with E-state index in [-0.39, 0.29) is 100.0 Å². The summed E-state index contributed by atoms with van der Waals surface area (Å²) in [5.41, 5.74) is -1.96. The molecule has 106 heavy (non-hydrogen) atoms. The molecule has 0 aliphatic carbocycles. The molecule has 6 fully saturated rings. The lowest BCUT2D eigenvalue weighted by atomic mass is 9.70. The van der Waals surface area contributed by atoms with Gasteiger partial charge in [0.15, 0.2) is 35.0 Å². The molecule has 22 unspecified atom stereocenters. The topological polar surface area (TPSA) is 392 Å². The molecule has 6 saturated heterocycles. The second-order valence-electron chi connectivity index (χ2n) is 32.9. The molecule has 0 saturated carbocycles. The number of carbonyl (C=O) groups is 7. The van der Waals surface area contributed by atoms with Gasteiger partial charge in [-0.1, -0.05) is 96.9 Å². The summed E-state index contributed by atoms with van der Waals surface area (Å²) in [6.07, 6.45) is -1.99. The van der Waals surface area contributed by atoms with Gasteiger partial charge in [0.1, 0.15) is 24.4 Å². The van der Waals surface area contributed by atoms with Gasteiger partial charge in [-0.25, -0.2) is 0 Å². The molecule has 0 aromatic heterocycles. The third-order valence-corrected chi connectivity index (χ3v) is 22.5. The van der Waals surface area contributed by atoms with Crippen LogP contribution in [0.4, 0.5) is 0 Å². The monoisotopic (exact) mass is 1500 g/mol. The molecule has 8 rings (SSSR count). The van der Waals surface area contributed by atoms with E-state index in [0.29, 0.717) is 24.8 Å². The Bertz CT molecular complexity index is 3320. The maximum Gasteiger partial charge on any atom is 0.308 e. The van der Waals surface area contributed by atoms with Gasteiger partial charge >= 0.3 is 23.9 Å². The van der Waals surface area contributed by atoms with Crippen LogP contribution < -0.4 is 0 Å². The van der Waals surface area contributed by atoms with Crippen molar-refractivity contribution in [1.29, 1.82) is 0 Å². The van der Waals surface area contributed by atoms with E-state index in [4.69, 9.17) is 56.8 Å². The van der Waals surface area contributed by atoms with E-state index in [1.807, 2.05) is 39.0 Å². The Labute approximate surface area is 623 Å². The Morgan fingerprint density at radius 2 is 0.877 bits per heavy atom. The zero-order valence-electron chi connectivity index (χ0n) is 65.2. The molecule has 0 spiro atoms. The third kappa shape index (κ3) is 21.2. The molecule has 0 amide bonds. The Balaban J connectivity index is 0.000000298. The van der Waals surface area contributed by atoms with E-state index in [2.05, 4.69) is 0 Å². The molecule has 12 bridgehead atoms. The zero-order valence-corrected chi connectivity index (χ0v) is 65.2. The average Bonchev–Trinajstić information content (AvgIpc) is 0.762. The summed E-state index contributed by atoms with van der Waals surface area (Å²) in [5.74, 6) is -11.8. The van der Waals surface area contributed by atoms with E-state index in [1.54, 1.807) is 60.8 Å². The molecular weight excluding hydrogens is 1380 g/mol. The van der Waals surface area contributed by atoms with Crippen LogP contribution in [0.1, 0.15) is 214 Å². The SMILES string of the molecule is CC(=O)/C=C1\CC2/C=C/C(C)(C)C3(O)OC(C/C(=C\C(C)=O)C3OC(C)=O)CC(C(C)O)OC(=O)CC(O)CC3CC(OC(C)=O)C(C)(C)C(O)(CC(C1)O2)O3.CC=C1CC2/C=C/C(C)(C)C3(O)OC(C/C(=C\C(C)=O)C3OC)CC(C(C)O)OC(=O)CC(O)CC3CC(OC)C(C)(C)C(O)(CC(C1)O2)O3. The molecule has 27 heteroatoms. The highest BCUT2D eigenvalue weighted by molar-refractivity contribution is 5.89. The van der Waals surface area contributed by atoms with Crippen molar-refractivity contribution >= 4 is 41.2 Å². The summed E-state index contributed by atoms with van der Waals surface area (Å²) in [6.45, 7) is 25.4. The summed E-state index contributed by atoms with van der Waals surface area (Å²) >= 11 is 0.